The van der Waals surface area contributed by atoms with E-state index in [9.17, 15) is 19.1 Å². The second-order valence-corrected chi connectivity index (χ2v) is 10.0. The second-order valence-electron chi connectivity index (χ2n) is 9.22. The van der Waals surface area contributed by atoms with Gasteiger partial charge in [0.1, 0.15) is 16.6 Å². The minimum atomic E-state index is -1.06. The molecule has 10 heteroatoms. The van der Waals surface area contributed by atoms with Gasteiger partial charge in [-0.3, -0.25) is 14.5 Å². The number of hydrogen-bond donors (Lipinski definition) is 1. The molecule has 1 amide bonds. The van der Waals surface area contributed by atoms with Crippen LogP contribution >= 0.6 is 23.2 Å². The molecule has 1 unspecified atom stereocenters. The topological polar surface area (TPSA) is 79.3 Å². The van der Waals surface area contributed by atoms with Crippen molar-refractivity contribution < 1.29 is 28.6 Å². The number of carbonyl (C=O) groups excluding carboxylic acids is 2. The summed E-state index contributed by atoms with van der Waals surface area (Å²) < 4.78 is 24.5. The lowest BCUT2D eigenvalue weighted by atomic mass is 9.94. The first-order valence-corrected chi connectivity index (χ1v) is 13.0. The largest absolute Gasteiger partial charge is 0.507 e. The highest BCUT2D eigenvalue weighted by Gasteiger charge is 2.47. The van der Waals surface area contributed by atoms with E-state index < -0.39 is 29.3 Å². The molecular weight excluding hydrogens is 546 g/mol. The number of aliphatic hydroxyl groups is 1. The maximum atomic E-state index is 13.8. The molecule has 2 fully saturated rings. The standard InChI is InChI=1S/C29H25Cl2FN2O5/c1-38-27-20(15-21(30)28(39-2)23(27)31)25(35)22-24(16-5-7-17(32)8-6-16)34(29(37)26(22)36)19-11-9-18(10-12-19)33-13-3-4-14-33/h5-12,15,24,35H,3-4,13-14H2,1-2H3/b25-22+. The number of benzene rings is 3. The van der Waals surface area contributed by atoms with Crippen LogP contribution in [0.5, 0.6) is 11.5 Å². The number of ether oxygens (including phenoxy) is 2. The van der Waals surface area contributed by atoms with Crippen LogP contribution in [0.15, 0.2) is 60.2 Å². The van der Waals surface area contributed by atoms with Crippen molar-refractivity contribution in [2.45, 2.75) is 18.9 Å². The molecule has 0 aromatic heterocycles. The van der Waals surface area contributed by atoms with Crippen LogP contribution < -0.4 is 19.3 Å². The molecule has 3 aromatic carbocycles. The van der Waals surface area contributed by atoms with Crippen molar-refractivity contribution in [3.05, 3.63) is 87.2 Å². The van der Waals surface area contributed by atoms with Gasteiger partial charge < -0.3 is 19.5 Å². The minimum absolute atomic E-state index is 0.00259. The normalized spacial score (nSPS) is 18.6. The maximum absolute atomic E-state index is 13.8. The fraction of sp³-hybridized carbons (Fsp3) is 0.241. The van der Waals surface area contributed by atoms with Crippen LogP contribution in [0.3, 0.4) is 0 Å². The van der Waals surface area contributed by atoms with E-state index in [0.29, 0.717) is 11.3 Å². The summed E-state index contributed by atoms with van der Waals surface area (Å²) in [6.45, 7) is 1.91. The number of hydrogen-bond acceptors (Lipinski definition) is 6. The van der Waals surface area contributed by atoms with Crippen molar-refractivity contribution in [3.63, 3.8) is 0 Å². The summed E-state index contributed by atoms with van der Waals surface area (Å²) in [6, 6.07) is 13.0. The first kappa shape index (κ1) is 26.8. The van der Waals surface area contributed by atoms with Gasteiger partial charge in [-0.1, -0.05) is 35.3 Å². The molecule has 1 N–H and O–H groups in total. The average Bonchev–Trinajstić information content (AvgIpc) is 3.56. The third kappa shape index (κ3) is 4.68. The van der Waals surface area contributed by atoms with Gasteiger partial charge in [0.15, 0.2) is 11.5 Å². The van der Waals surface area contributed by atoms with Crippen molar-refractivity contribution in [2.75, 3.05) is 37.1 Å². The first-order chi connectivity index (χ1) is 18.8. The van der Waals surface area contributed by atoms with Crippen LogP contribution in [0.2, 0.25) is 10.0 Å². The zero-order chi connectivity index (χ0) is 27.8. The molecule has 5 rings (SSSR count). The maximum Gasteiger partial charge on any atom is 0.300 e. The quantitative estimate of drug-likeness (QED) is 0.210. The van der Waals surface area contributed by atoms with E-state index in [1.807, 2.05) is 12.1 Å². The number of ketones is 1. The molecule has 3 aromatic rings. The summed E-state index contributed by atoms with van der Waals surface area (Å²) in [4.78, 5) is 30.5. The van der Waals surface area contributed by atoms with E-state index in [1.54, 1.807) is 12.1 Å². The van der Waals surface area contributed by atoms with Gasteiger partial charge in [0.05, 0.1) is 36.4 Å². The highest BCUT2D eigenvalue weighted by molar-refractivity contribution is 6.52. The number of Topliss-reactive ketones (excluding diaryl/α,β-unsaturated/α-hetero) is 1. The van der Waals surface area contributed by atoms with E-state index in [4.69, 9.17) is 32.7 Å². The molecule has 0 spiro atoms. The van der Waals surface area contributed by atoms with Crippen molar-refractivity contribution in [2.24, 2.45) is 0 Å². The van der Waals surface area contributed by atoms with Gasteiger partial charge in [-0.15, -0.1) is 0 Å². The smallest absolute Gasteiger partial charge is 0.300 e. The minimum Gasteiger partial charge on any atom is -0.507 e. The Hall–Kier alpha value is -3.75. The van der Waals surface area contributed by atoms with Gasteiger partial charge in [0.25, 0.3) is 11.7 Å². The lowest BCUT2D eigenvalue weighted by Gasteiger charge is -2.26. The number of nitrogens with zero attached hydrogens (tertiary/aromatic N) is 2. The highest BCUT2D eigenvalue weighted by Crippen LogP contribution is 2.48. The first-order valence-electron chi connectivity index (χ1n) is 12.3. The average molecular weight is 571 g/mol. The molecule has 0 aliphatic carbocycles. The van der Waals surface area contributed by atoms with Crippen molar-refractivity contribution in [1.29, 1.82) is 0 Å². The molecule has 2 aliphatic rings. The van der Waals surface area contributed by atoms with Gasteiger partial charge in [0.2, 0.25) is 0 Å². The Bertz CT molecular complexity index is 1470. The third-order valence-corrected chi connectivity index (χ3v) is 7.65. The van der Waals surface area contributed by atoms with Gasteiger partial charge in [-0.25, -0.2) is 4.39 Å². The lowest BCUT2D eigenvalue weighted by molar-refractivity contribution is -0.132. The zero-order valence-electron chi connectivity index (χ0n) is 21.2. The van der Waals surface area contributed by atoms with E-state index in [0.717, 1.165) is 31.6 Å². The Kier molecular flexibility index (Phi) is 7.42. The SMILES string of the molecule is COc1c(Cl)cc(/C(O)=C2\C(=O)C(=O)N(c3ccc(N4CCCC4)cc3)C2c2ccc(F)cc2)c(OC)c1Cl. The van der Waals surface area contributed by atoms with Gasteiger partial charge in [0, 0.05) is 24.5 Å². The van der Waals surface area contributed by atoms with Crippen LogP contribution in [-0.2, 0) is 9.59 Å². The van der Waals surface area contributed by atoms with E-state index in [-0.39, 0.29) is 32.7 Å². The number of halogens is 3. The Morgan fingerprint density at radius 1 is 0.923 bits per heavy atom. The summed E-state index contributed by atoms with van der Waals surface area (Å²) in [5.41, 5.74) is 1.67. The summed E-state index contributed by atoms with van der Waals surface area (Å²) in [7, 11) is 2.71. The summed E-state index contributed by atoms with van der Waals surface area (Å²) in [5.74, 6) is -2.65. The molecule has 0 radical (unpaired) electrons. The molecule has 0 bridgehead atoms. The highest BCUT2D eigenvalue weighted by atomic mass is 35.5. The van der Waals surface area contributed by atoms with Crippen LogP contribution in [0.1, 0.15) is 30.0 Å². The zero-order valence-corrected chi connectivity index (χ0v) is 22.7. The van der Waals surface area contributed by atoms with E-state index >= 15 is 0 Å². The Labute approximate surface area is 234 Å². The number of carbonyl (C=O) groups is 2. The summed E-state index contributed by atoms with van der Waals surface area (Å²) in [5, 5.41) is 11.6. The lowest BCUT2D eigenvalue weighted by Crippen LogP contribution is -2.29. The van der Waals surface area contributed by atoms with Crippen LogP contribution in [0.4, 0.5) is 15.8 Å². The number of amides is 1. The van der Waals surface area contributed by atoms with Crippen LogP contribution in [-0.4, -0.2) is 44.1 Å². The van der Waals surface area contributed by atoms with Gasteiger partial charge >= 0.3 is 0 Å². The fourth-order valence-corrected chi connectivity index (χ4v) is 5.84. The second kappa shape index (κ2) is 10.8. The van der Waals surface area contributed by atoms with E-state index in [1.165, 1.54) is 49.5 Å². The molecule has 1 atom stereocenters. The van der Waals surface area contributed by atoms with Crippen molar-refractivity contribution in [1.82, 2.24) is 0 Å². The van der Waals surface area contributed by atoms with Gasteiger partial charge in [-0.2, -0.15) is 0 Å². The number of anilines is 2. The van der Waals surface area contributed by atoms with Crippen molar-refractivity contribution in [3.8, 4) is 11.5 Å². The Morgan fingerprint density at radius 3 is 2.10 bits per heavy atom. The number of aliphatic hydroxyl groups excluding tert-OH is 1. The molecule has 2 saturated heterocycles. The monoisotopic (exact) mass is 570 g/mol. The molecule has 202 valence electrons. The van der Waals surface area contributed by atoms with Crippen LogP contribution in [0, 0.1) is 5.82 Å². The Balaban J connectivity index is 1.69. The van der Waals surface area contributed by atoms with E-state index in [2.05, 4.69) is 4.90 Å². The number of methoxy groups -OCH3 is 2. The van der Waals surface area contributed by atoms with Crippen molar-refractivity contribution >= 4 is 52.0 Å². The molecule has 0 saturated carbocycles. The molecule has 2 heterocycles. The Morgan fingerprint density at radius 2 is 1.51 bits per heavy atom. The molecule has 39 heavy (non-hydrogen) atoms. The predicted octanol–water partition coefficient (Wildman–Crippen LogP) is 6.38. The molecule has 7 nitrogen and oxygen atoms in total. The third-order valence-electron chi connectivity index (χ3n) is 7.02. The van der Waals surface area contributed by atoms with Gasteiger partial charge in [-0.05, 0) is 60.9 Å². The summed E-state index contributed by atoms with van der Waals surface area (Å²) in [6.07, 6.45) is 2.23. The fourth-order valence-electron chi connectivity index (χ4n) is 5.15. The molecule has 2 aliphatic heterocycles. The predicted molar refractivity (Wildman–Crippen MR) is 149 cm³/mol. The number of rotatable bonds is 6. The molecular formula is C29H25Cl2FN2O5. The summed E-state index contributed by atoms with van der Waals surface area (Å²) >= 11 is 12.8. The van der Waals surface area contributed by atoms with Crippen LogP contribution in [0.25, 0.3) is 5.76 Å².